The van der Waals surface area contributed by atoms with Crippen molar-refractivity contribution in [3.8, 4) is 0 Å². The molecule has 1 fully saturated rings. The third kappa shape index (κ3) is 3.65. The maximum Gasteiger partial charge on any atom is 0.243 e. The quantitative estimate of drug-likeness (QED) is 0.795. The first kappa shape index (κ1) is 15.4. The maximum absolute atomic E-state index is 12.1. The van der Waals surface area contributed by atoms with Crippen LogP contribution < -0.4 is 16.4 Å². The Morgan fingerprint density at radius 2 is 2.04 bits per heavy atom. The molecule has 1 saturated carbocycles. The number of nitrogens with one attached hydrogen (secondary N) is 2. The summed E-state index contributed by atoms with van der Waals surface area (Å²) in [6.07, 6.45) is 4.04. The lowest BCUT2D eigenvalue weighted by Crippen LogP contribution is -2.36. The normalized spacial score (nSPS) is 20.4. The summed E-state index contributed by atoms with van der Waals surface area (Å²) < 4.78 is 0. The van der Waals surface area contributed by atoms with Crippen molar-refractivity contribution in [2.45, 2.75) is 25.3 Å². The fourth-order valence-electron chi connectivity index (χ4n) is 2.97. The number of benzene rings is 1. The van der Waals surface area contributed by atoms with E-state index in [0.29, 0.717) is 12.1 Å². The zero-order valence-corrected chi connectivity index (χ0v) is 12.8. The molecule has 0 saturated heterocycles. The average Bonchev–Trinajstić information content (AvgIpc) is 2.99. The van der Waals surface area contributed by atoms with Crippen LogP contribution in [0.2, 0.25) is 0 Å². The lowest BCUT2D eigenvalue weighted by atomic mass is 10.1. The predicted octanol–water partition coefficient (Wildman–Crippen LogP) is 1.42. The van der Waals surface area contributed by atoms with Crippen molar-refractivity contribution < 1.29 is 9.59 Å². The minimum atomic E-state index is -0.265. The van der Waals surface area contributed by atoms with Crippen LogP contribution in [0.1, 0.15) is 19.3 Å². The third-order valence-corrected chi connectivity index (χ3v) is 4.17. The Bertz CT molecular complexity index is 726. The van der Waals surface area contributed by atoms with Crippen molar-refractivity contribution in [3.05, 3.63) is 36.5 Å². The van der Waals surface area contributed by atoms with Crippen LogP contribution in [0.25, 0.3) is 10.9 Å². The highest BCUT2D eigenvalue weighted by Crippen LogP contribution is 2.24. The van der Waals surface area contributed by atoms with E-state index in [2.05, 4.69) is 15.6 Å². The van der Waals surface area contributed by atoms with Gasteiger partial charge in [0.05, 0.1) is 17.7 Å². The van der Waals surface area contributed by atoms with E-state index in [9.17, 15) is 9.59 Å². The van der Waals surface area contributed by atoms with Gasteiger partial charge in [-0.05, 0) is 31.4 Å². The molecule has 2 atom stereocenters. The topological polar surface area (TPSA) is 97.1 Å². The second-order valence-corrected chi connectivity index (χ2v) is 5.92. The number of carbonyl (C=O) groups excluding carboxylic acids is 2. The van der Waals surface area contributed by atoms with E-state index in [4.69, 9.17) is 5.73 Å². The maximum atomic E-state index is 12.1. The number of para-hydroxylation sites is 1. The summed E-state index contributed by atoms with van der Waals surface area (Å²) in [5.74, 6) is -0.431. The van der Waals surface area contributed by atoms with Gasteiger partial charge in [0, 0.05) is 23.5 Å². The number of hydrogen-bond donors (Lipinski definition) is 3. The highest BCUT2D eigenvalue weighted by Gasteiger charge is 2.27. The van der Waals surface area contributed by atoms with E-state index in [1.807, 2.05) is 24.3 Å². The standard InChI is InChI=1S/C17H20N4O2/c18-13-7-6-12(9-13)17(23)20-10-15(22)21-14-5-1-3-11-4-2-8-19-16(11)14/h1-5,8,12-13H,6-7,9-10,18H2,(H,20,23)(H,21,22). The van der Waals surface area contributed by atoms with Gasteiger partial charge in [-0.1, -0.05) is 18.2 Å². The SMILES string of the molecule is NC1CCC(C(=O)NCC(=O)Nc2cccc3cccnc23)C1. The summed E-state index contributed by atoms with van der Waals surface area (Å²) in [7, 11) is 0. The van der Waals surface area contributed by atoms with Gasteiger partial charge in [0.15, 0.2) is 0 Å². The third-order valence-electron chi connectivity index (χ3n) is 4.17. The smallest absolute Gasteiger partial charge is 0.243 e. The van der Waals surface area contributed by atoms with Crippen LogP contribution >= 0.6 is 0 Å². The van der Waals surface area contributed by atoms with Crippen LogP contribution in [0.4, 0.5) is 5.69 Å². The first-order valence-corrected chi connectivity index (χ1v) is 7.80. The number of hydrogen-bond acceptors (Lipinski definition) is 4. The lowest BCUT2D eigenvalue weighted by Gasteiger charge is -2.11. The summed E-state index contributed by atoms with van der Waals surface area (Å²) in [5, 5.41) is 6.44. The molecule has 1 aromatic heterocycles. The molecule has 1 aliphatic carbocycles. The van der Waals surface area contributed by atoms with Crippen LogP contribution in [0.15, 0.2) is 36.5 Å². The Hall–Kier alpha value is -2.47. The van der Waals surface area contributed by atoms with Gasteiger partial charge in [0.2, 0.25) is 11.8 Å². The fraction of sp³-hybridized carbons (Fsp3) is 0.353. The van der Waals surface area contributed by atoms with Gasteiger partial charge in [-0.25, -0.2) is 0 Å². The second kappa shape index (κ2) is 6.75. The van der Waals surface area contributed by atoms with Crippen molar-refractivity contribution in [1.82, 2.24) is 10.3 Å². The Kier molecular flexibility index (Phi) is 4.52. The molecule has 1 heterocycles. The fourth-order valence-corrected chi connectivity index (χ4v) is 2.97. The molecule has 3 rings (SSSR count). The number of nitrogens with zero attached hydrogens (tertiary/aromatic N) is 1. The molecule has 0 spiro atoms. The van der Waals surface area contributed by atoms with Crippen LogP contribution in [0, 0.1) is 5.92 Å². The Morgan fingerprint density at radius 3 is 2.83 bits per heavy atom. The Balaban J connectivity index is 1.58. The molecule has 6 heteroatoms. The molecule has 2 amide bonds. The zero-order valence-electron chi connectivity index (χ0n) is 12.8. The molecule has 1 aliphatic rings. The van der Waals surface area contributed by atoms with Crippen molar-refractivity contribution in [2.75, 3.05) is 11.9 Å². The number of carbonyl (C=O) groups is 2. The van der Waals surface area contributed by atoms with Crippen LogP contribution in [-0.2, 0) is 9.59 Å². The van der Waals surface area contributed by atoms with Gasteiger partial charge < -0.3 is 16.4 Å². The first-order chi connectivity index (χ1) is 11.1. The number of rotatable bonds is 4. The molecule has 1 aromatic carbocycles. The summed E-state index contributed by atoms with van der Waals surface area (Å²) in [6, 6.07) is 9.47. The van der Waals surface area contributed by atoms with E-state index in [0.717, 1.165) is 23.7 Å². The molecule has 0 radical (unpaired) electrons. The summed E-state index contributed by atoms with van der Waals surface area (Å²) in [5.41, 5.74) is 7.18. The first-order valence-electron chi connectivity index (χ1n) is 7.80. The molecule has 120 valence electrons. The second-order valence-electron chi connectivity index (χ2n) is 5.92. The molecule has 6 nitrogen and oxygen atoms in total. The predicted molar refractivity (Wildman–Crippen MR) is 88.7 cm³/mol. The Morgan fingerprint density at radius 1 is 1.22 bits per heavy atom. The van der Waals surface area contributed by atoms with E-state index in [1.54, 1.807) is 12.3 Å². The summed E-state index contributed by atoms with van der Waals surface area (Å²) in [6.45, 7) is -0.0478. The van der Waals surface area contributed by atoms with Gasteiger partial charge in [-0.2, -0.15) is 0 Å². The monoisotopic (exact) mass is 312 g/mol. The molecule has 0 aliphatic heterocycles. The van der Waals surface area contributed by atoms with E-state index in [-0.39, 0.29) is 30.3 Å². The number of anilines is 1. The van der Waals surface area contributed by atoms with Crippen LogP contribution in [0.3, 0.4) is 0 Å². The van der Waals surface area contributed by atoms with Crippen molar-refractivity contribution >= 4 is 28.4 Å². The highest BCUT2D eigenvalue weighted by atomic mass is 16.2. The number of nitrogens with two attached hydrogens (primary N) is 1. The van der Waals surface area contributed by atoms with Gasteiger partial charge in [0.25, 0.3) is 0 Å². The summed E-state index contributed by atoms with van der Waals surface area (Å²) >= 11 is 0. The van der Waals surface area contributed by atoms with Gasteiger partial charge in [0.1, 0.15) is 0 Å². The highest BCUT2D eigenvalue weighted by molar-refractivity contribution is 6.01. The molecule has 2 aromatic rings. The van der Waals surface area contributed by atoms with Crippen molar-refractivity contribution in [2.24, 2.45) is 11.7 Å². The van der Waals surface area contributed by atoms with Crippen molar-refractivity contribution in [1.29, 1.82) is 0 Å². The van der Waals surface area contributed by atoms with Gasteiger partial charge in [-0.15, -0.1) is 0 Å². The van der Waals surface area contributed by atoms with Crippen molar-refractivity contribution in [3.63, 3.8) is 0 Å². The van der Waals surface area contributed by atoms with Crippen LogP contribution in [-0.4, -0.2) is 29.4 Å². The molecule has 4 N–H and O–H groups in total. The number of aromatic nitrogens is 1. The van der Waals surface area contributed by atoms with Crippen LogP contribution in [0.5, 0.6) is 0 Å². The molecule has 0 bridgehead atoms. The zero-order chi connectivity index (χ0) is 16.2. The molecule has 23 heavy (non-hydrogen) atoms. The van der Waals surface area contributed by atoms with E-state index >= 15 is 0 Å². The lowest BCUT2D eigenvalue weighted by molar-refractivity contribution is -0.127. The van der Waals surface area contributed by atoms with E-state index < -0.39 is 0 Å². The minimum Gasteiger partial charge on any atom is -0.347 e. The summed E-state index contributed by atoms with van der Waals surface area (Å²) in [4.78, 5) is 28.3. The van der Waals surface area contributed by atoms with Gasteiger partial charge >= 0.3 is 0 Å². The molecule has 2 unspecified atom stereocenters. The number of amides is 2. The number of pyridine rings is 1. The average molecular weight is 312 g/mol. The molecular formula is C17H20N4O2. The van der Waals surface area contributed by atoms with Gasteiger partial charge in [-0.3, -0.25) is 14.6 Å². The largest absolute Gasteiger partial charge is 0.347 e. The minimum absolute atomic E-state index is 0.0478. The number of fused-ring (bicyclic) bond motifs is 1. The Labute approximate surface area is 134 Å². The molecular weight excluding hydrogens is 292 g/mol. The van der Waals surface area contributed by atoms with E-state index in [1.165, 1.54) is 0 Å².